The van der Waals surface area contributed by atoms with Crippen molar-refractivity contribution in [2.75, 3.05) is 49.5 Å². The van der Waals surface area contributed by atoms with Gasteiger partial charge < -0.3 is 21.3 Å². The maximum absolute atomic E-state index is 5.92. The maximum Gasteiger partial charge on any atom is 0.157 e. The van der Waals surface area contributed by atoms with E-state index >= 15 is 0 Å². The van der Waals surface area contributed by atoms with E-state index in [1.165, 1.54) is 6.33 Å². The molecule has 0 aromatic carbocycles. The van der Waals surface area contributed by atoms with Crippen LogP contribution in [0.2, 0.25) is 5.15 Å². The first kappa shape index (κ1) is 19.7. The number of aromatic nitrogens is 4. The lowest BCUT2D eigenvalue weighted by Gasteiger charge is -2.16. The Hall–Kier alpha value is -2.35. The molecule has 0 bridgehead atoms. The van der Waals surface area contributed by atoms with Crippen molar-refractivity contribution in [3.63, 3.8) is 0 Å². The molecule has 0 aliphatic rings. The molecule has 0 fully saturated rings. The van der Waals surface area contributed by atoms with E-state index in [9.17, 15) is 0 Å². The average molecular weight is 353 g/mol. The largest absolute Gasteiger partial charge is 0.394 e. The summed E-state index contributed by atoms with van der Waals surface area (Å²) in [5.74, 6) is 1.77. The van der Waals surface area contributed by atoms with Gasteiger partial charge in [-0.2, -0.15) is 0 Å². The fourth-order valence-electron chi connectivity index (χ4n) is 1.94. The van der Waals surface area contributed by atoms with Gasteiger partial charge in [0.15, 0.2) is 16.8 Å². The molecule has 8 nitrogen and oxygen atoms in total. The second-order valence-corrected chi connectivity index (χ2v) is 6.20. The average Bonchev–Trinajstić information content (AvgIpc) is 2.50. The Labute approximate surface area is 147 Å². The SMILES string of the molecule is CC(C)c1ncnc(N(C)C)c1N.CN(C)c1ncnc(Cl)c1N. The Balaban J connectivity index is 0.000000243. The van der Waals surface area contributed by atoms with Crippen molar-refractivity contribution in [3.05, 3.63) is 23.5 Å². The minimum absolute atomic E-state index is 0.295. The third-order valence-corrected chi connectivity index (χ3v) is 3.40. The van der Waals surface area contributed by atoms with Gasteiger partial charge in [0.05, 0.1) is 11.4 Å². The Kier molecular flexibility index (Phi) is 6.97. The number of hydrogen-bond donors (Lipinski definition) is 2. The highest BCUT2D eigenvalue weighted by Gasteiger charge is 2.11. The molecule has 9 heteroatoms. The second-order valence-electron chi connectivity index (χ2n) is 5.84. The monoisotopic (exact) mass is 352 g/mol. The van der Waals surface area contributed by atoms with Crippen LogP contribution in [0.4, 0.5) is 23.0 Å². The highest BCUT2D eigenvalue weighted by molar-refractivity contribution is 6.32. The van der Waals surface area contributed by atoms with Crippen LogP contribution in [0, 0.1) is 0 Å². The third kappa shape index (κ3) is 4.82. The van der Waals surface area contributed by atoms with Crippen molar-refractivity contribution in [3.8, 4) is 0 Å². The molecule has 2 rings (SSSR count). The molecule has 2 aromatic rings. The van der Waals surface area contributed by atoms with Gasteiger partial charge in [-0.25, -0.2) is 19.9 Å². The summed E-state index contributed by atoms with van der Waals surface area (Å²) in [5.41, 5.74) is 13.5. The minimum atomic E-state index is 0.295. The lowest BCUT2D eigenvalue weighted by molar-refractivity contribution is 0.815. The summed E-state index contributed by atoms with van der Waals surface area (Å²) in [6, 6.07) is 0. The van der Waals surface area contributed by atoms with Gasteiger partial charge in [-0.15, -0.1) is 0 Å². The van der Waals surface area contributed by atoms with E-state index in [2.05, 4.69) is 33.8 Å². The molecule has 0 saturated carbocycles. The van der Waals surface area contributed by atoms with Crippen LogP contribution in [0.1, 0.15) is 25.5 Å². The molecule has 0 radical (unpaired) electrons. The van der Waals surface area contributed by atoms with Crippen LogP contribution in [0.3, 0.4) is 0 Å². The Bertz CT molecular complexity index is 646. The molecule has 0 aliphatic heterocycles. The molecule has 0 unspecified atom stereocenters. The lowest BCUT2D eigenvalue weighted by Crippen LogP contribution is -2.15. The molecule has 132 valence electrons. The number of rotatable bonds is 3. The van der Waals surface area contributed by atoms with Crippen molar-refractivity contribution >= 4 is 34.6 Å². The van der Waals surface area contributed by atoms with E-state index in [4.69, 9.17) is 23.1 Å². The summed E-state index contributed by atoms with van der Waals surface area (Å²) in [7, 11) is 7.52. The fraction of sp³-hybridized carbons (Fsp3) is 0.467. The zero-order chi connectivity index (χ0) is 18.4. The highest BCUT2D eigenvalue weighted by Crippen LogP contribution is 2.25. The van der Waals surface area contributed by atoms with Gasteiger partial charge in [0.25, 0.3) is 0 Å². The summed E-state index contributed by atoms with van der Waals surface area (Å²) in [6.07, 6.45) is 2.94. The Morgan fingerprint density at radius 3 is 1.71 bits per heavy atom. The van der Waals surface area contributed by atoms with E-state index < -0.39 is 0 Å². The zero-order valence-electron chi connectivity index (χ0n) is 14.9. The summed E-state index contributed by atoms with van der Waals surface area (Å²) >= 11 is 5.66. The summed E-state index contributed by atoms with van der Waals surface area (Å²) < 4.78 is 0. The number of hydrogen-bond acceptors (Lipinski definition) is 8. The second kappa shape index (κ2) is 8.49. The summed E-state index contributed by atoms with van der Waals surface area (Å²) in [6.45, 7) is 4.14. The standard InChI is InChI=1S/C9H16N4.C6H9ClN4/c1-6(2)8-7(10)9(13(3)4)12-5-11-8;1-11(2)6-4(8)5(7)9-3-10-6/h5-6H,10H2,1-4H3;3H,8H2,1-2H3. The topological polar surface area (TPSA) is 110 Å². The molecule has 0 spiro atoms. The predicted octanol–water partition coefficient (Wildman–Crippen LogP) is 2.03. The number of nitrogens with two attached hydrogens (primary N) is 2. The first-order valence-corrected chi connectivity index (χ1v) is 7.75. The van der Waals surface area contributed by atoms with Crippen LogP contribution in [0.25, 0.3) is 0 Å². The quantitative estimate of drug-likeness (QED) is 0.807. The van der Waals surface area contributed by atoms with Crippen molar-refractivity contribution in [2.45, 2.75) is 19.8 Å². The number of anilines is 4. The predicted molar refractivity (Wildman–Crippen MR) is 101 cm³/mol. The van der Waals surface area contributed by atoms with Crippen LogP contribution >= 0.6 is 11.6 Å². The fourth-order valence-corrected chi connectivity index (χ4v) is 2.07. The van der Waals surface area contributed by atoms with Crippen molar-refractivity contribution in [1.82, 2.24) is 19.9 Å². The van der Waals surface area contributed by atoms with E-state index in [0.717, 1.165) is 11.5 Å². The zero-order valence-corrected chi connectivity index (χ0v) is 15.7. The molecule has 0 aliphatic carbocycles. The van der Waals surface area contributed by atoms with Gasteiger partial charge in [0.2, 0.25) is 0 Å². The molecular formula is C15H25ClN8. The van der Waals surface area contributed by atoms with Gasteiger partial charge >= 0.3 is 0 Å². The van der Waals surface area contributed by atoms with E-state index in [1.807, 2.05) is 33.1 Å². The van der Waals surface area contributed by atoms with Gasteiger partial charge in [-0.05, 0) is 5.92 Å². The molecular weight excluding hydrogens is 328 g/mol. The molecule has 24 heavy (non-hydrogen) atoms. The number of halogens is 1. The maximum atomic E-state index is 5.92. The third-order valence-electron chi connectivity index (χ3n) is 3.10. The summed E-state index contributed by atoms with van der Waals surface area (Å²) in [5, 5.41) is 0.295. The molecule has 2 aromatic heterocycles. The van der Waals surface area contributed by atoms with Crippen LogP contribution in [-0.4, -0.2) is 48.1 Å². The van der Waals surface area contributed by atoms with Crippen LogP contribution < -0.4 is 21.3 Å². The van der Waals surface area contributed by atoms with E-state index in [-0.39, 0.29) is 0 Å². The van der Waals surface area contributed by atoms with Gasteiger partial charge in [0, 0.05) is 28.2 Å². The van der Waals surface area contributed by atoms with Crippen LogP contribution in [0.5, 0.6) is 0 Å². The lowest BCUT2D eigenvalue weighted by atomic mass is 10.1. The van der Waals surface area contributed by atoms with E-state index in [0.29, 0.717) is 28.3 Å². The van der Waals surface area contributed by atoms with Crippen LogP contribution in [-0.2, 0) is 0 Å². The normalized spacial score (nSPS) is 10.2. The minimum Gasteiger partial charge on any atom is -0.394 e. The molecule has 0 atom stereocenters. The molecule has 4 N–H and O–H groups in total. The molecule has 0 saturated heterocycles. The first-order chi connectivity index (χ1) is 11.2. The van der Waals surface area contributed by atoms with Gasteiger partial charge in [0.1, 0.15) is 18.3 Å². The Morgan fingerprint density at radius 2 is 1.29 bits per heavy atom. The van der Waals surface area contributed by atoms with Gasteiger partial charge in [-0.1, -0.05) is 25.4 Å². The summed E-state index contributed by atoms with van der Waals surface area (Å²) in [4.78, 5) is 19.6. The van der Waals surface area contributed by atoms with Gasteiger partial charge in [-0.3, -0.25) is 0 Å². The number of nitrogens with zero attached hydrogens (tertiary/aromatic N) is 6. The molecule has 0 amide bonds. The molecule has 2 heterocycles. The van der Waals surface area contributed by atoms with Crippen molar-refractivity contribution in [2.24, 2.45) is 0 Å². The van der Waals surface area contributed by atoms with Crippen molar-refractivity contribution in [1.29, 1.82) is 0 Å². The number of nitrogen functional groups attached to an aromatic ring is 2. The Morgan fingerprint density at radius 1 is 0.833 bits per heavy atom. The highest BCUT2D eigenvalue weighted by atomic mass is 35.5. The smallest absolute Gasteiger partial charge is 0.157 e. The van der Waals surface area contributed by atoms with Crippen LogP contribution in [0.15, 0.2) is 12.7 Å². The van der Waals surface area contributed by atoms with E-state index in [1.54, 1.807) is 11.2 Å². The first-order valence-electron chi connectivity index (χ1n) is 7.37. The van der Waals surface area contributed by atoms with Crippen molar-refractivity contribution < 1.29 is 0 Å².